The second-order valence-electron chi connectivity index (χ2n) is 6.63. The molecule has 1 aliphatic rings. The maximum Gasteiger partial charge on any atom is 0.341 e. The molecule has 3 rings (SSSR count). The van der Waals surface area contributed by atoms with Crippen molar-refractivity contribution in [2.45, 2.75) is 46.5 Å². The zero-order valence-corrected chi connectivity index (χ0v) is 17.3. The Morgan fingerprint density at radius 1 is 1.15 bits per heavy atom. The molecule has 27 heavy (non-hydrogen) atoms. The molecule has 144 valence electrons. The molecule has 0 spiro atoms. The molecule has 0 atom stereocenters. The number of aliphatic imine (C=N–C) groups is 1. The first kappa shape index (κ1) is 19.6. The molecule has 1 aromatic heterocycles. The van der Waals surface area contributed by atoms with E-state index in [4.69, 9.17) is 4.74 Å². The standard InChI is InChI=1S/C22H28N2O2S/c1-4-24(5-2)17-13-11-16(12-14-17)15-23-21-20(22(25)26-6-3)18-9-7-8-10-19(18)27-21/h11-15H,4-10H2,1-3H3. The summed E-state index contributed by atoms with van der Waals surface area (Å²) in [6.45, 7) is 8.54. The third-order valence-corrected chi connectivity index (χ3v) is 6.18. The predicted octanol–water partition coefficient (Wildman–Crippen LogP) is 5.40. The first-order valence-corrected chi connectivity index (χ1v) is 10.7. The highest BCUT2D eigenvalue weighted by molar-refractivity contribution is 7.16. The largest absolute Gasteiger partial charge is 0.462 e. The van der Waals surface area contributed by atoms with Gasteiger partial charge in [0.05, 0.1) is 12.2 Å². The average Bonchev–Trinajstić information content (AvgIpc) is 3.07. The van der Waals surface area contributed by atoms with Gasteiger partial charge in [-0.3, -0.25) is 0 Å². The molecule has 0 fully saturated rings. The van der Waals surface area contributed by atoms with Crippen LogP contribution in [0.4, 0.5) is 10.7 Å². The smallest absolute Gasteiger partial charge is 0.341 e. The molecule has 5 heteroatoms. The van der Waals surface area contributed by atoms with Crippen molar-refractivity contribution >= 4 is 34.2 Å². The van der Waals surface area contributed by atoms with E-state index in [0.717, 1.165) is 48.5 Å². The van der Waals surface area contributed by atoms with Gasteiger partial charge in [-0.15, -0.1) is 11.3 Å². The molecule has 2 aromatic rings. The molecule has 1 heterocycles. The fourth-order valence-electron chi connectivity index (χ4n) is 3.55. The second kappa shape index (κ2) is 9.18. The molecule has 1 aliphatic carbocycles. The summed E-state index contributed by atoms with van der Waals surface area (Å²) in [7, 11) is 0. The Bertz CT molecular complexity index is 804. The van der Waals surface area contributed by atoms with E-state index in [1.807, 2.05) is 13.1 Å². The average molecular weight is 385 g/mol. The van der Waals surface area contributed by atoms with Crippen molar-refractivity contribution in [3.8, 4) is 0 Å². The predicted molar refractivity (Wildman–Crippen MR) is 114 cm³/mol. The van der Waals surface area contributed by atoms with E-state index in [2.05, 4.69) is 48.0 Å². The number of anilines is 1. The number of esters is 1. The normalized spacial score (nSPS) is 13.6. The van der Waals surface area contributed by atoms with Gasteiger partial charge in [0.25, 0.3) is 0 Å². The Balaban J connectivity index is 1.86. The van der Waals surface area contributed by atoms with Gasteiger partial charge in [-0.1, -0.05) is 12.1 Å². The van der Waals surface area contributed by atoms with Crippen molar-refractivity contribution in [2.75, 3.05) is 24.6 Å². The number of rotatable bonds is 7. The highest BCUT2D eigenvalue weighted by atomic mass is 32.1. The Hall–Kier alpha value is -2.14. The van der Waals surface area contributed by atoms with Crippen LogP contribution in [0.3, 0.4) is 0 Å². The lowest BCUT2D eigenvalue weighted by atomic mass is 9.95. The van der Waals surface area contributed by atoms with Crippen molar-refractivity contribution < 1.29 is 9.53 Å². The number of aryl methyl sites for hydroxylation is 1. The van der Waals surface area contributed by atoms with Crippen LogP contribution in [0, 0.1) is 0 Å². The number of nitrogens with zero attached hydrogens (tertiary/aromatic N) is 2. The zero-order chi connectivity index (χ0) is 19.2. The molecule has 0 saturated carbocycles. The SMILES string of the molecule is CCOC(=O)c1c(N=Cc2ccc(N(CC)CC)cc2)sc2c1CCCC2. The first-order valence-electron chi connectivity index (χ1n) is 9.88. The highest BCUT2D eigenvalue weighted by Crippen LogP contribution is 2.40. The maximum absolute atomic E-state index is 12.5. The van der Waals surface area contributed by atoms with E-state index in [-0.39, 0.29) is 5.97 Å². The van der Waals surface area contributed by atoms with Crippen LogP contribution in [-0.2, 0) is 17.6 Å². The van der Waals surface area contributed by atoms with E-state index >= 15 is 0 Å². The van der Waals surface area contributed by atoms with Crippen LogP contribution in [0.25, 0.3) is 0 Å². The van der Waals surface area contributed by atoms with Crippen molar-refractivity contribution in [3.05, 3.63) is 45.8 Å². The summed E-state index contributed by atoms with van der Waals surface area (Å²) < 4.78 is 5.30. The lowest BCUT2D eigenvalue weighted by Gasteiger charge is -2.20. The van der Waals surface area contributed by atoms with E-state index < -0.39 is 0 Å². The van der Waals surface area contributed by atoms with Crippen LogP contribution in [0.1, 0.15) is 60.0 Å². The topological polar surface area (TPSA) is 41.9 Å². The van der Waals surface area contributed by atoms with Crippen LogP contribution < -0.4 is 4.90 Å². The summed E-state index contributed by atoms with van der Waals surface area (Å²) in [6.07, 6.45) is 6.17. The molecule has 0 bridgehead atoms. The minimum absolute atomic E-state index is 0.235. The van der Waals surface area contributed by atoms with Gasteiger partial charge >= 0.3 is 5.97 Å². The molecule has 0 radical (unpaired) electrons. The summed E-state index contributed by atoms with van der Waals surface area (Å²) in [4.78, 5) is 20.8. The number of ether oxygens (including phenoxy) is 1. The zero-order valence-electron chi connectivity index (χ0n) is 16.5. The highest BCUT2D eigenvalue weighted by Gasteiger charge is 2.25. The number of fused-ring (bicyclic) bond motifs is 1. The monoisotopic (exact) mass is 384 g/mol. The molecule has 0 saturated heterocycles. The van der Waals surface area contributed by atoms with Crippen molar-refractivity contribution in [1.82, 2.24) is 0 Å². The molecule has 4 nitrogen and oxygen atoms in total. The Morgan fingerprint density at radius 2 is 1.85 bits per heavy atom. The van der Waals surface area contributed by atoms with E-state index in [1.165, 1.54) is 17.0 Å². The maximum atomic E-state index is 12.5. The summed E-state index contributed by atoms with van der Waals surface area (Å²) in [5.41, 5.74) is 4.10. The van der Waals surface area contributed by atoms with Gasteiger partial charge in [0.2, 0.25) is 0 Å². The second-order valence-corrected chi connectivity index (χ2v) is 7.72. The van der Waals surface area contributed by atoms with Gasteiger partial charge in [0, 0.05) is 29.9 Å². The fraction of sp³-hybridized carbons (Fsp3) is 0.455. The third kappa shape index (κ3) is 4.41. The van der Waals surface area contributed by atoms with Gasteiger partial charge in [0.15, 0.2) is 0 Å². The number of hydrogen-bond acceptors (Lipinski definition) is 5. The number of benzene rings is 1. The lowest BCUT2D eigenvalue weighted by molar-refractivity contribution is 0.0526. The summed E-state index contributed by atoms with van der Waals surface area (Å²) in [5.74, 6) is -0.235. The molecule has 1 aromatic carbocycles. The van der Waals surface area contributed by atoms with Crippen LogP contribution >= 0.6 is 11.3 Å². The first-order chi connectivity index (χ1) is 13.2. The van der Waals surface area contributed by atoms with Gasteiger partial charge in [-0.2, -0.15) is 0 Å². The number of hydrogen-bond donors (Lipinski definition) is 0. The molecule has 0 amide bonds. The minimum atomic E-state index is -0.235. The van der Waals surface area contributed by atoms with Gasteiger partial charge in [0.1, 0.15) is 5.00 Å². The van der Waals surface area contributed by atoms with Gasteiger partial charge in [-0.05, 0) is 69.7 Å². The molecule has 0 N–H and O–H groups in total. The van der Waals surface area contributed by atoms with Crippen molar-refractivity contribution in [2.24, 2.45) is 4.99 Å². The van der Waals surface area contributed by atoms with E-state index in [1.54, 1.807) is 11.3 Å². The third-order valence-electron chi connectivity index (χ3n) is 4.98. The number of thiophene rings is 1. The van der Waals surface area contributed by atoms with E-state index in [0.29, 0.717) is 12.2 Å². The van der Waals surface area contributed by atoms with Gasteiger partial charge < -0.3 is 9.64 Å². The number of carbonyl (C=O) groups is 1. The lowest BCUT2D eigenvalue weighted by Crippen LogP contribution is -2.21. The molecule has 0 unspecified atom stereocenters. The Morgan fingerprint density at radius 3 is 2.52 bits per heavy atom. The van der Waals surface area contributed by atoms with Crippen molar-refractivity contribution in [1.29, 1.82) is 0 Å². The summed E-state index contributed by atoms with van der Waals surface area (Å²) >= 11 is 1.64. The van der Waals surface area contributed by atoms with Crippen LogP contribution in [0.5, 0.6) is 0 Å². The summed E-state index contributed by atoms with van der Waals surface area (Å²) in [5, 5.41) is 0.785. The minimum Gasteiger partial charge on any atom is -0.462 e. The molecular weight excluding hydrogens is 356 g/mol. The quantitative estimate of drug-likeness (QED) is 0.474. The van der Waals surface area contributed by atoms with E-state index in [9.17, 15) is 4.79 Å². The Kier molecular flexibility index (Phi) is 6.67. The Labute approximate surface area is 165 Å². The van der Waals surface area contributed by atoms with Crippen LogP contribution in [0.15, 0.2) is 29.3 Å². The van der Waals surface area contributed by atoms with Gasteiger partial charge in [-0.25, -0.2) is 9.79 Å². The summed E-state index contributed by atoms with van der Waals surface area (Å²) in [6, 6.07) is 8.41. The van der Waals surface area contributed by atoms with Crippen LogP contribution in [-0.4, -0.2) is 31.9 Å². The van der Waals surface area contributed by atoms with Crippen LogP contribution in [0.2, 0.25) is 0 Å². The number of carbonyl (C=O) groups excluding carboxylic acids is 1. The van der Waals surface area contributed by atoms with Crippen molar-refractivity contribution in [3.63, 3.8) is 0 Å². The fourth-order valence-corrected chi connectivity index (χ4v) is 4.77. The molecule has 0 aliphatic heterocycles. The molecular formula is C22H28N2O2S.